The van der Waals surface area contributed by atoms with Crippen LogP contribution < -0.4 is 10.0 Å². The van der Waals surface area contributed by atoms with Crippen LogP contribution in [0.2, 0.25) is 5.02 Å². The Bertz CT molecular complexity index is 1150. The van der Waals surface area contributed by atoms with Gasteiger partial charge in [0, 0.05) is 16.3 Å². The van der Waals surface area contributed by atoms with Crippen LogP contribution in [0.3, 0.4) is 0 Å². The van der Waals surface area contributed by atoms with Gasteiger partial charge in [-0.15, -0.1) is 0 Å². The molecule has 1 amide bonds. The number of carbonyl (C=O) groups excluding carboxylic acids is 1. The largest absolute Gasteiger partial charge is 0.322 e. The quantitative estimate of drug-likeness (QED) is 0.577. The lowest BCUT2D eigenvalue weighted by Crippen LogP contribution is -2.16. The second-order valence-corrected chi connectivity index (χ2v) is 9.04. The van der Waals surface area contributed by atoms with Crippen molar-refractivity contribution in [2.75, 3.05) is 10.0 Å². The van der Waals surface area contributed by atoms with Crippen LogP contribution in [0.25, 0.3) is 0 Å². The third-order valence-corrected chi connectivity index (χ3v) is 5.98. The van der Waals surface area contributed by atoms with Crippen molar-refractivity contribution in [2.45, 2.75) is 25.7 Å². The normalized spacial score (nSPS) is 11.2. The van der Waals surface area contributed by atoms with E-state index < -0.39 is 10.0 Å². The van der Waals surface area contributed by atoms with Gasteiger partial charge in [-0.25, -0.2) is 8.42 Å². The van der Waals surface area contributed by atoms with Gasteiger partial charge in [0.05, 0.1) is 10.6 Å². The average Bonchev–Trinajstić information content (AvgIpc) is 2.62. The van der Waals surface area contributed by atoms with Crippen molar-refractivity contribution in [1.29, 1.82) is 0 Å². The molecule has 3 rings (SSSR count). The number of halogens is 1. The lowest BCUT2D eigenvalue weighted by Gasteiger charge is -2.13. The van der Waals surface area contributed by atoms with Crippen molar-refractivity contribution >= 4 is 38.9 Å². The van der Waals surface area contributed by atoms with E-state index in [1.165, 1.54) is 30.3 Å². The first-order chi connectivity index (χ1) is 13.6. The topological polar surface area (TPSA) is 75.3 Å². The maximum absolute atomic E-state index is 12.7. The highest BCUT2D eigenvalue weighted by molar-refractivity contribution is 7.92. The summed E-state index contributed by atoms with van der Waals surface area (Å²) in [6.45, 7) is 5.68. The van der Waals surface area contributed by atoms with E-state index in [0.29, 0.717) is 27.5 Å². The van der Waals surface area contributed by atoms with Gasteiger partial charge in [0.15, 0.2) is 0 Å². The molecule has 3 aromatic carbocycles. The summed E-state index contributed by atoms with van der Waals surface area (Å²) in [5.74, 6) is -0.318. The number of sulfonamides is 1. The lowest BCUT2D eigenvalue weighted by molar-refractivity contribution is 0.102. The van der Waals surface area contributed by atoms with E-state index in [9.17, 15) is 13.2 Å². The Labute approximate surface area is 175 Å². The molecule has 0 radical (unpaired) electrons. The zero-order valence-electron chi connectivity index (χ0n) is 16.3. The molecule has 0 fully saturated rings. The summed E-state index contributed by atoms with van der Waals surface area (Å²) in [6.07, 6.45) is 0. The van der Waals surface area contributed by atoms with E-state index in [-0.39, 0.29) is 10.8 Å². The summed E-state index contributed by atoms with van der Waals surface area (Å²) in [6, 6.07) is 16.5. The van der Waals surface area contributed by atoms with Gasteiger partial charge < -0.3 is 5.32 Å². The summed E-state index contributed by atoms with van der Waals surface area (Å²) in [4.78, 5) is 12.8. The van der Waals surface area contributed by atoms with Gasteiger partial charge in [0.1, 0.15) is 0 Å². The Balaban J connectivity index is 1.85. The molecule has 0 aliphatic rings. The maximum atomic E-state index is 12.7. The third-order valence-electron chi connectivity index (χ3n) is 4.35. The number of benzene rings is 3. The SMILES string of the molecule is Cc1cc(C)cc(NC(=O)c2ccc(C)c(NS(=O)(=O)c3ccc(Cl)cc3)c2)c1. The number of hydrogen-bond donors (Lipinski definition) is 2. The average molecular weight is 429 g/mol. The molecule has 0 saturated heterocycles. The first-order valence-electron chi connectivity index (χ1n) is 8.93. The molecule has 0 aliphatic heterocycles. The van der Waals surface area contributed by atoms with Gasteiger partial charge in [0.2, 0.25) is 0 Å². The highest BCUT2D eigenvalue weighted by Crippen LogP contribution is 2.23. The van der Waals surface area contributed by atoms with E-state index in [2.05, 4.69) is 10.0 Å². The molecule has 2 N–H and O–H groups in total. The number of hydrogen-bond acceptors (Lipinski definition) is 3. The Hall–Kier alpha value is -2.83. The first-order valence-corrected chi connectivity index (χ1v) is 10.8. The lowest BCUT2D eigenvalue weighted by atomic mass is 10.1. The van der Waals surface area contributed by atoms with Gasteiger partial charge >= 0.3 is 0 Å². The van der Waals surface area contributed by atoms with Gasteiger partial charge in [-0.2, -0.15) is 0 Å². The van der Waals surface area contributed by atoms with E-state index in [1.54, 1.807) is 19.1 Å². The minimum Gasteiger partial charge on any atom is -0.322 e. The summed E-state index contributed by atoms with van der Waals surface area (Å²) in [5, 5.41) is 3.31. The molecule has 3 aromatic rings. The van der Waals surface area contributed by atoms with Gasteiger partial charge in [-0.1, -0.05) is 23.7 Å². The van der Waals surface area contributed by atoms with Crippen molar-refractivity contribution in [3.05, 3.63) is 87.9 Å². The standard InChI is InChI=1S/C22H21ClN2O3S/c1-14-10-15(2)12-19(11-14)24-22(26)17-5-4-16(3)21(13-17)25-29(27,28)20-8-6-18(23)7-9-20/h4-13,25H,1-3H3,(H,24,26). The van der Waals surface area contributed by atoms with Crippen molar-refractivity contribution in [3.8, 4) is 0 Å². The van der Waals surface area contributed by atoms with Crippen LogP contribution >= 0.6 is 11.6 Å². The van der Waals surface area contributed by atoms with Crippen LogP contribution in [0.1, 0.15) is 27.0 Å². The number of amides is 1. The summed E-state index contributed by atoms with van der Waals surface area (Å²) < 4.78 is 27.9. The molecule has 0 unspecified atom stereocenters. The molecule has 7 heteroatoms. The van der Waals surface area contributed by atoms with Crippen LogP contribution in [0.5, 0.6) is 0 Å². The van der Waals surface area contributed by atoms with Crippen molar-refractivity contribution < 1.29 is 13.2 Å². The third kappa shape index (κ3) is 5.16. The van der Waals surface area contributed by atoms with Crippen LogP contribution in [0, 0.1) is 20.8 Å². The van der Waals surface area contributed by atoms with Crippen molar-refractivity contribution in [2.24, 2.45) is 0 Å². The van der Waals surface area contributed by atoms with E-state index in [4.69, 9.17) is 11.6 Å². The summed E-state index contributed by atoms with van der Waals surface area (Å²) >= 11 is 5.83. The summed E-state index contributed by atoms with van der Waals surface area (Å²) in [7, 11) is -3.81. The van der Waals surface area contributed by atoms with Crippen molar-refractivity contribution in [1.82, 2.24) is 0 Å². The molecule has 0 atom stereocenters. The molecular formula is C22H21ClN2O3S. The molecule has 0 spiro atoms. The molecule has 150 valence electrons. The van der Waals surface area contributed by atoms with Crippen LogP contribution in [0.15, 0.2) is 65.6 Å². The zero-order valence-corrected chi connectivity index (χ0v) is 17.9. The highest BCUT2D eigenvalue weighted by atomic mass is 35.5. The smallest absolute Gasteiger partial charge is 0.261 e. The Morgan fingerprint density at radius 1 is 0.862 bits per heavy atom. The second kappa shape index (κ2) is 8.27. The number of aryl methyl sites for hydroxylation is 3. The van der Waals surface area contributed by atoms with Gasteiger partial charge in [-0.3, -0.25) is 9.52 Å². The van der Waals surface area contributed by atoms with E-state index >= 15 is 0 Å². The molecule has 0 aliphatic carbocycles. The van der Waals surface area contributed by atoms with Gasteiger partial charge in [-0.05, 0) is 86.0 Å². The predicted octanol–water partition coefficient (Wildman–Crippen LogP) is 5.32. The Morgan fingerprint density at radius 3 is 2.10 bits per heavy atom. The fraction of sp³-hybridized carbons (Fsp3) is 0.136. The van der Waals surface area contributed by atoms with Crippen LogP contribution in [0.4, 0.5) is 11.4 Å². The molecule has 0 aromatic heterocycles. The number of carbonyl (C=O) groups is 1. The van der Waals surface area contributed by atoms with Crippen LogP contribution in [-0.4, -0.2) is 14.3 Å². The van der Waals surface area contributed by atoms with E-state index in [0.717, 1.165) is 11.1 Å². The number of nitrogens with one attached hydrogen (secondary N) is 2. The molecule has 0 bridgehead atoms. The predicted molar refractivity (Wildman–Crippen MR) is 117 cm³/mol. The molecule has 29 heavy (non-hydrogen) atoms. The minimum atomic E-state index is -3.81. The molecule has 0 saturated carbocycles. The fourth-order valence-electron chi connectivity index (χ4n) is 2.94. The fourth-order valence-corrected chi connectivity index (χ4v) is 4.19. The molecule has 5 nitrogen and oxygen atoms in total. The van der Waals surface area contributed by atoms with Crippen molar-refractivity contribution in [3.63, 3.8) is 0 Å². The Kier molecular flexibility index (Phi) is 5.96. The zero-order chi connectivity index (χ0) is 21.2. The second-order valence-electron chi connectivity index (χ2n) is 6.92. The first kappa shape index (κ1) is 20.9. The van der Waals surface area contributed by atoms with Gasteiger partial charge in [0.25, 0.3) is 15.9 Å². The molecule has 0 heterocycles. The van der Waals surface area contributed by atoms with Crippen LogP contribution in [-0.2, 0) is 10.0 Å². The van der Waals surface area contributed by atoms with E-state index in [1.807, 2.05) is 32.0 Å². The highest BCUT2D eigenvalue weighted by Gasteiger charge is 2.17. The number of rotatable bonds is 5. The number of anilines is 2. The monoisotopic (exact) mass is 428 g/mol. The minimum absolute atomic E-state index is 0.0893. The summed E-state index contributed by atoms with van der Waals surface area (Å²) in [5.41, 5.74) is 4.17. The maximum Gasteiger partial charge on any atom is 0.261 e. The molecular weight excluding hydrogens is 408 g/mol. The Morgan fingerprint density at radius 2 is 1.48 bits per heavy atom.